The molecule has 2 aliphatic carbocycles. The van der Waals surface area contributed by atoms with Gasteiger partial charge in [-0.2, -0.15) is 0 Å². The monoisotopic (exact) mass is 238 g/mol. The second-order valence-electron chi connectivity index (χ2n) is 6.04. The molecule has 0 aromatic rings. The highest BCUT2D eigenvalue weighted by molar-refractivity contribution is 4.93. The van der Waals surface area contributed by atoms with Crippen LogP contribution in [0.5, 0.6) is 0 Å². The maximum absolute atomic E-state index is 5.36. The third-order valence-corrected chi connectivity index (χ3v) is 4.90. The minimum atomic E-state index is 0.860. The number of ether oxygens (including phenoxy) is 1. The van der Waals surface area contributed by atoms with Gasteiger partial charge in [0.1, 0.15) is 0 Å². The van der Waals surface area contributed by atoms with Crippen LogP contribution in [0.25, 0.3) is 0 Å². The van der Waals surface area contributed by atoms with Gasteiger partial charge in [-0.25, -0.2) is 0 Å². The molecule has 0 amide bonds. The van der Waals surface area contributed by atoms with Crippen molar-refractivity contribution in [1.29, 1.82) is 0 Å². The lowest BCUT2D eigenvalue weighted by molar-refractivity contribution is 0.0373. The van der Waals surface area contributed by atoms with Crippen molar-refractivity contribution in [3.05, 3.63) is 0 Å². The van der Waals surface area contributed by atoms with Crippen LogP contribution in [0.2, 0.25) is 0 Å². The molecule has 98 valence electrons. The van der Waals surface area contributed by atoms with E-state index in [1.54, 1.807) is 0 Å². The molecule has 1 saturated heterocycles. The molecule has 17 heavy (non-hydrogen) atoms. The fourth-order valence-corrected chi connectivity index (χ4v) is 3.91. The van der Waals surface area contributed by atoms with Crippen molar-refractivity contribution >= 4 is 0 Å². The van der Waals surface area contributed by atoms with Gasteiger partial charge in [0.2, 0.25) is 0 Å². The van der Waals surface area contributed by atoms with Gasteiger partial charge in [0.05, 0.1) is 13.2 Å². The Balaban J connectivity index is 1.28. The van der Waals surface area contributed by atoms with E-state index in [-0.39, 0.29) is 0 Å². The summed E-state index contributed by atoms with van der Waals surface area (Å²) >= 11 is 0. The molecule has 3 fully saturated rings. The first-order chi connectivity index (χ1) is 8.42. The Morgan fingerprint density at radius 3 is 2.71 bits per heavy atom. The van der Waals surface area contributed by atoms with Gasteiger partial charge in [-0.3, -0.25) is 4.90 Å². The summed E-state index contributed by atoms with van der Waals surface area (Å²) in [5, 5.41) is 3.79. The van der Waals surface area contributed by atoms with Gasteiger partial charge in [0, 0.05) is 19.1 Å². The zero-order valence-electron chi connectivity index (χ0n) is 10.9. The van der Waals surface area contributed by atoms with Crippen molar-refractivity contribution in [3.63, 3.8) is 0 Å². The largest absolute Gasteiger partial charge is 0.379 e. The highest BCUT2D eigenvalue weighted by atomic mass is 16.5. The Morgan fingerprint density at radius 2 is 2.00 bits per heavy atom. The van der Waals surface area contributed by atoms with Crippen LogP contribution >= 0.6 is 0 Å². The first-order valence-electron chi connectivity index (χ1n) is 7.45. The molecule has 3 heteroatoms. The summed E-state index contributed by atoms with van der Waals surface area (Å²) < 4.78 is 5.36. The highest BCUT2D eigenvalue weighted by Crippen LogP contribution is 2.44. The van der Waals surface area contributed by atoms with Gasteiger partial charge in [-0.15, -0.1) is 0 Å². The van der Waals surface area contributed by atoms with Gasteiger partial charge < -0.3 is 10.1 Å². The molecule has 2 saturated carbocycles. The van der Waals surface area contributed by atoms with Crippen LogP contribution in [0.1, 0.15) is 32.1 Å². The van der Waals surface area contributed by atoms with E-state index in [0.29, 0.717) is 0 Å². The molecule has 1 heterocycles. The third kappa shape index (κ3) is 3.01. The van der Waals surface area contributed by atoms with Crippen molar-refractivity contribution in [2.75, 3.05) is 39.4 Å². The Morgan fingerprint density at radius 1 is 1.12 bits per heavy atom. The standard InChI is InChI=1S/C14H26N2O/c1(5-16-6-8-17-9-7-16)4-15-14-11-12-2-3-13(14)10-12/h12-15H,1-11H2/t12-,13+,14+/m1/s1. The maximum Gasteiger partial charge on any atom is 0.0594 e. The maximum atomic E-state index is 5.36. The number of rotatable bonds is 5. The van der Waals surface area contributed by atoms with Crippen LogP contribution < -0.4 is 5.32 Å². The van der Waals surface area contributed by atoms with Gasteiger partial charge >= 0.3 is 0 Å². The second kappa shape index (κ2) is 5.68. The normalized spacial score (nSPS) is 37.8. The first-order valence-corrected chi connectivity index (χ1v) is 7.45. The molecule has 2 bridgehead atoms. The molecule has 0 aromatic carbocycles. The lowest BCUT2D eigenvalue weighted by Crippen LogP contribution is -2.39. The van der Waals surface area contributed by atoms with Crippen LogP contribution in [-0.2, 0) is 4.74 Å². The fourth-order valence-electron chi connectivity index (χ4n) is 3.91. The summed E-state index contributed by atoms with van der Waals surface area (Å²) in [6, 6.07) is 0.860. The van der Waals surface area contributed by atoms with Gasteiger partial charge in [0.15, 0.2) is 0 Å². The second-order valence-corrected chi connectivity index (χ2v) is 6.04. The number of morpholine rings is 1. The van der Waals surface area contributed by atoms with Crippen LogP contribution in [0.3, 0.4) is 0 Å². The lowest BCUT2D eigenvalue weighted by Gasteiger charge is -2.27. The predicted octanol–water partition coefficient (Wildman–Crippen LogP) is 1.49. The van der Waals surface area contributed by atoms with Crippen LogP contribution in [0.15, 0.2) is 0 Å². The molecule has 3 nitrogen and oxygen atoms in total. The van der Waals surface area contributed by atoms with Crippen molar-refractivity contribution in [3.8, 4) is 0 Å². The average Bonchev–Trinajstić information content (AvgIpc) is 2.98. The van der Waals surface area contributed by atoms with Crippen LogP contribution in [0.4, 0.5) is 0 Å². The zero-order valence-corrected chi connectivity index (χ0v) is 10.9. The summed E-state index contributed by atoms with van der Waals surface area (Å²) in [5.41, 5.74) is 0. The Hall–Kier alpha value is -0.120. The van der Waals surface area contributed by atoms with Gasteiger partial charge in [-0.05, 0) is 50.6 Å². The first kappa shape index (κ1) is 11.9. The smallest absolute Gasteiger partial charge is 0.0594 e. The minimum Gasteiger partial charge on any atom is -0.379 e. The van der Waals surface area contributed by atoms with Crippen LogP contribution in [0, 0.1) is 11.8 Å². The molecular weight excluding hydrogens is 212 g/mol. The number of nitrogens with zero attached hydrogens (tertiary/aromatic N) is 1. The molecule has 0 aromatic heterocycles. The van der Waals surface area contributed by atoms with Crippen molar-refractivity contribution in [1.82, 2.24) is 10.2 Å². The minimum absolute atomic E-state index is 0.860. The van der Waals surface area contributed by atoms with Crippen LogP contribution in [-0.4, -0.2) is 50.3 Å². The predicted molar refractivity (Wildman–Crippen MR) is 69.1 cm³/mol. The quantitative estimate of drug-likeness (QED) is 0.734. The van der Waals surface area contributed by atoms with Crippen molar-refractivity contribution in [2.24, 2.45) is 11.8 Å². The number of hydrogen-bond acceptors (Lipinski definition) is 3. The summed E-state index contributed by atoms with van der Waals surface area (Å²) in [5.74, 6) is 2.08. The van der Waals surface area contributed by atoms with E-state index in [1.807, 2.05) is 0 Å². The summed E-state index contributed by atoms with van der Waals surface area (Å²) in [6.45, 7) is 6.59. The molecule has 3 atom stereocenters. The molecule has 3 aliphatic rings. The molecule has 1 aliphatic heterocycles. The number of nitrogens with one attached hydrogen (secondary N) is 1. The summed E-state index contributed by atoms with van der Waals surface area (Å²) in [7, 11) is 0. The van der Waals surface area contributed by atoms with E-state index in [4.69, 9.17) is 4.74 Å². The van der Waals surface area contributed by atoms with E-state index < -0.39 is 0 Å². The van der Waals surface area contributed by atoms with Crippen molar-refractivity contribution < 1.29 is 4.74 Å². The highest BCUT2D eigenvalue weighted by Gasteiger charge is 2.38. The average molecular weight is 238 g/mol. The molecule has 3 rings (SSSR count). The van der Waals surface area contributed by atoms with E-state index >= 15 is 0 Å². The zero-order chi connectivity index (χ0) is 11.5. The Labute approximate surface area is 105 Å². The van der Waals surface area contributed by atoms with Gasteiger partial charge in [-0.1, -0.05) is 6.42 Å². The van der Waals surface area contributed by atoms with E-state index in [2.05, 4.69) is 10.2 Å². The lowest BCUT2D eigenvalue weighted by atomic mass is 9.95. The molecule has 0 radical (unpaired) electrons. The molecule has 0 spiro atoms. The van der Waals surface area contributed by atoms with E-state index in [1.165, 1.54) is 45.2 Å². The van der Waals surface area contributed by atoms with E-state index in [0.717, 1.165) is 44.2 Å². The number of hydrogen-bond donors (Lipinski definition) is 1. The SMILES string of the molecule is C(CN[C@H]1C[C@@H]2CC[C@H]1C2)CN1CCOCC1. The topological polar surface area (TPSA) is 24.5 Å². The molecular formula is C14H26N2O. The van der Waals surface area contributed by atoms with Gasteiger partial charge in [0.25, 0.3) is 0 Å². The Bertz CT molecular complexity index is 240. The summed E-state index contributed by atoms with van der Waals surface area (Å²) in [6.07, 6.45) is 7.28. The summed E-state index contributed by atoms with van der Waals surface area (Å²) in [4.78, 5) is 2.53. The molecule has 1 N–H and O–H groups in total. The Kier molecular flexibility index (Phi) is 3.99. The van der Waals surface area contributed by atoms with Crippen molar-refractivity contribution in [2.45, 2.75) is 38.1 Å². The molecule has 0 unspecified atom stereocenters. The number of fused-ring (bicyclic) bond motifs is 2. The van der Waals surface area contributed by atoms with E-state index in [9.17, 15) is 0 Å². The fraction of sp³-hybridized carbons (Fsp3) is 1.00. The third-order valence-electron chi connectivity index (χ3n) is 4.90.